The normalized spacial score (nSPS) is 14.1. The predicted molar refractivity (Wildman–Crippen MR) is 54.9 cm³/mol. The summed E-state index contributed by atoms with van der Waals surface area (Å²) in [6.07, 6.45) is 1.42. The van der Waals surface area contributed by atoms with E-state index in [1.54, 1.807) is 0 Å². The van der Waals surface area contributed by atoms with Crippen molar-refractivity contribution in [3.05, 3.63) is 34.1 Å². The zero-order chi connectivity index (χ0) is 10.8. The van der Waals surface area contributed by atoms with Gasteiger partial charge in [0.15, 0.2) is 5.69 Å². The minimum atomic E-state index is -0.554. The van der Waals surface area contributed by atoms with E-state index >= 15 is 0 Å². The Hall–Kier alpha value is -2.09. The molecule has 2 rings (SSSR count). The van der Waals surface area contributed by atoms with Gasteiger partial charge in [0.05, 0.1) is 4.92 Å². The molecule has 0 aliphatic carbocycles. The van der Waals surface area contributed by atoms with Gasteiger partial charge in [-0.25, -0.2) is 4.98 Å². The fourth-order valence-electron chi connectivity index (χ4n) is 1.04. The van der Waals surface area contributed by atoms with Gasteiger partial charge in [-0.1, -0.05) is 0 Å². The molecule has 1 aromatic rings. The van der Waals surface area contributed by atoms with Crippen molar-refractivity contribution in [1.29, 1.82) is 0 Å². The van der Waals surface area contributed by atoms with Crippen molar-refractivity contribution >= 4 is 28.9 Å². The maximum absolute atomic E-state index is 10.7. The van der Waals surface area contributed by atoms with Crippen LogP contribution in [0.1, 0.15) is 5.69 Å². The molecule has 7 nitrogen and oxygen atoms in total. The Bertz CT molecular complexity index is 510. The maximum atomic E-state index is 10.7. The van der Waals surface area contributed by atoms with Gasteiger partial charge in [-0.05, 0) is 18.3 Å². The number of nitrogens with zero attached hydrogens (tertiary/aromatic N) is 5. The standard InChI is InChI=1S/C7H3N5O2S/c13-12(14)4-2-1-3-8-5(4)6-9-7(15)11-10-6/h1-3H. The molecule has 0 atom stereocenters. The first kappa shape index (κ1) is 9.46. The lowest BCUT2D eigenvalue weighted by Crippen LogP contribution is -2.03. The molecule has 0 saturated heterocycles. The summed E-state index contributed by atoms with van der Waals surface area (Å²) in [4.78, 5) is 17.7. The van der Waals surface area contributed by atoms with Crippen LogP contribution in [0.2, 0.25) is 0 Å². The Kier molecular flexibility index (Phi) is 2.26. The monoisotopic (exact) mass is 221 g/mol. The molecule has 0 fully saturated rings. The summed E-state index contributed by atoms with van der Waals surface area (Å²) in [6, 6.07) is 2.79. The first-order chi connectivity index (χ1) is 7.18. The van der Waals surface area contributed by atoms with Crippen LogP contribution in [0.5, 0.6) is 0 Å². The van der Waals surface area contributed by atoms with Crippen LogP contribution in [0.4, 0.5) is 5.69 Å². The highest BCUT2D eigenvalue weighted by Crippen LogP contribution is 2.18. The van der Waals surface area contributed by atoms with E-state index in [9.17, 15) is 10.1 Å². The smallest absolute Gasteiger partial charge is 0.258 e. The molecular formula is C7H3N5O2S. The number of rotatable bonds is 2. The van der Waals surface area contributed by atoms with Crippen molar-refractivity contribution in [2.75, 3.05) is 0 Å². The van der Waals surface area contributed by atoms with Gasteiger partial charge in [-0.15, -0.1) is 10.2 Å². The number of pyridine rings is 1. The molecule has 74 valence electrons. The summed E-state index contributed by atoms with van der Waals surface area (Å²) >= 11 is 4.66. The molecule has 8 heteroatoms. The van der Waals surface area contributed by atoms with Crippen LogP contribution in [0.3, 0.4) is 0 Å². The summed E-state index contributed by atoms with van der Waals surface area (Å²) in [5.41, 5.74) is -0.0917. The largest absolute Gasteiger partial charge is 0.298 e. The number of hydrogen-bond donors (Lipinski definition) is 0. The summed E-state index contributed by atoms with van der Waals surface area (Å²) in [7, 11) is 0. The summed E-state index contributed by atoms with van der Waals surface area (Å²) in [6.45, 7) is 0. The van der Waals surface area contributed by atoms with Gasteiger partial charge in [0, 0.05) is 12.3 Å². The molecule has 1 aliphatic rings. The third kappa shape index (κ3) is 1.74. The Labute approximate surface area is 88.7 Å². The number of nitro groups is 1. The van der Waals surface area contributed by atoms with Crippen LogP contribution in [0.25, 0.3) is 0 Å². The van der Waals surface area contributed by atoms with Crippen molar-refractivity contribution < 1.29 is 4.92 Å². The zero-order valence-electron chi connectivity index (χ0n) is 7.19. The van der Waals surface area contributed by atoms with Gasteiger partial charge >= 0.3 is 0 Å². The quantitative estimate of drug-likeness (QED) is 0.429. The molecule has 0 unspecified atom stereocenters. The van der Waals surface area contributed by atoms with E-state index in [-0.39, 0.29) is 22.3 Å². The van der Waals surface area contributed by atoms with Gasteiger partial charge in [0.2, 0.25) is 10.9 Å². The average Bonchev–Trinajstić information content (AvgIpc) is 2.65. The highest BCUT2D eigenvalue weighted by Gasteiger charge is 2.22. The van der Waals surface area contributed by atoms with Gasteiger partial charge in [0.25, 0.3) is 5.69 Å². The number of hydrogen-bond acceptors (Lipinski definition) is 5. The van der Waals surface area contributed by atoms with Crippen LogP contribution in [0.15, 0.2) is 33.6 Å². The van der Waals surface area contributed by atoms with E-state index in [2.05, 4.69) is 32.4 Å². The Balaban J connectivity index is 2.54. The van der Waals surface area contributed by atoms with E-state index in [1.807, 2.05) is 0 Å². The van der Waals surface area contributed by atoms with E-state index in [4.69, 9.17) is 0 Å². The van der Waals surface area contributed by atoms with Crippen LogP contribution < -0.4 is 0 Å². The second-order valence-electron chi connectivity index (χ2n) is 2.55. The molecule has 0 bridgehead atoms. The van der Waals surface area contributed by atoms with Gasteiger partial charge in [-0.3, -0.25) is 10.1 Å². The molecule has 15 heavy (non-hydrogen) atoms. The van der Waals surface area contributed by atoms with Crippen molar-refractivity contribution in [3.8, 4) is 0 Å². The van der Waals surface area contributed by atoms with Crippen molar-refractivity contribution in [3.63, 3.8) is 0 Å². The zero-order valence-corrected chi connectivity index (χ0v) is 8.01. The van der Waals surface area contributed by atoms with E-state index in [1.165, 1.54) is 18.3 Å². The van der Waals surface area contributed by atoms with Gasteiger partial charge in [-0.2, -0.15) is 4.99 Å². The lowest BCUT2D eigenvalue weighted by molar-refractivity contribution is -0.385. The fourth-order valence-corrected chi connectivity index (χ4v) is 1.17. The van der Waals surface area contributed by atoms with Crippen molar-refractivity contribution in [2.24, 2.45) is 15.2 Å². The molecule has 0 spiro atoms. The fraction of sp³-hybridized carbons (Fsp3) is 0. The molecule has 0 N–H and O–H groups in total. The molecule has 1 aliphatic heterocycles. The minimum Gasteiger partial charge on any atom is -0.258 e. The summed E-state index contributed by atoms with van der Waals surface area (Å²) < 4.78 is 0. The topological polar surface area (TPSA) is 93.1 Å². The van der Waals surface area contributed by atoms with Crippen LogP contribution in [-0.4, -0.2) is 20.9 Å². The second-order valence-corrected chi connectivity index (χ2v) is 2.91. The SMILES string of the molecule is O=[N+]([O-])c1cccnc1C1=NC(=S)N=N1. The minimum absolute atomic E-state index is 0.0463. The van der Waals surface area contributed by atoms with E-state index < -0.39 is 4.92 Å². The number of azo groups is 1. The Morgan fingerprint density at radius 3 is 2.80 bits per heavy atom. The molecule has 1 aromatic heterocycles. The summed E-state index contributed by atoms with van der Waals surface area (Å²) in [5, 5.41) is 17.8. The van der Waals surface area contributed by atoms with Crippen molar-refractivity contribution in [1.82, 2.24) is 4.98 Å². The van der Waals surface area contributed by atoms with Crippen LogP contribution >= 0.6 is 12.2 Å². The first-order valence-electron chi connectivity index (χ1n) is 3.82. The van der Waals surface area contributed by atoms with E-state index in [0.717, 1.165) is 0 Å². The predicted octanol–water partition coefficient (Wildman–Crippen LogP) is 1.49. The molecule has 0 radical (unpaired) electrons. The summed E-state index contributed by atoms with van der Waals surface area (Å²) in [5.74, 6) is 0.0762. The number of aliphatic imine (C=N–C) groups is 1. The highest BCUT2D eigenvalue weighted by atomic mass is 32.1. The number of amidine groups is 1. The average molecular weight is 221 g/mol. The number of thiocarbonyl (C=S) groups is 1. The molecular weight excluding hydrogens is 218 g/mol. The van der Waals surface area contributed by atoms with Gasteiger partial charge in [0.1, 0.15) is 0 Å². The van der Waals surface area contributed by atoms with Crippen LogP contribution in [0, 0.1) is 10.1 Å². The molecule has 0 amide bonds. The third-order valence-electron chi connectivity index (χ3n) is 1.63. The molecule has 0 saturated carbocycles. The highest BCUT2D eigenvalue weighted by molar-refractivity contribution is 7.80. The number of aromatic nitrogens is 1. The van der Waals surface area contributed by atoms with Crippen LogP contribution in [-0.2, 0) is 0 Å². The third-order valence-corrected chi connectivity index (χ3v) is 1.80. The lowest BCUT2D eigenvalue weighted by Gasteiger charge is -1.96. The first-order valence-corrected chi connectivity index (χ1v) is 4.23. The Morgan fingerprint density at radius 1 is 1.40 bits per heavy atom. The lowest BCUT2D eigenvalue weighted by atomic mass is 10.3. The van der Waals surface area contributed by atoms with Crippen molar-refractivity contribution in [2.45, 2.75) is 0 Å². The molecule has 0 aromatic carbocycles. The molecule has 2 heterocycles. The van der Waals surface area contributed by atoms with E-state index in [0.29, 0.717) is 0 Å². The maximum Gasteiger partial charge on any atom is 0.298 e. The Morgan fingerprint density at radius 2 is 2.20 bits per heavy atom. The second kappa shape index (κ2) is 3.58. The van der Waals surface area contributed by atoms with Gasteiger partial charge < -0.3 is 0 Å².